The molecular formula is C13H20BrNS. The van der Waals surface area contributed by atoms with Crippen LogP contribution >= 0.6 is 27.7 Å². The van der Waals surface area contributed by atoms with Crippen LogP contribution in [0.4, 0.5) is 0 Å². The fourth-order valence-corrected chi connectivity index (χ4v) is 2.47. The Hall–Kier alpha value is 0.01000. The lowest BCUT2D eigenvalue weighted by atomic mass is 10.2. The molecule has 0 heterocycles. The highest BCUT2D eigenvalue weighted by molar-refractivity contribution is 9.10. The Kier molecular flexibility index (Phi) is 7.99. The second kappa shape index (κ2) is 9.08. The second-order valence-corrected chi connectivity index (χ2v) is 5.84. The molecule has 0 aromatic heterocycles. The van der Waals surface area contributed by atoms with E-state index >= 15 is 0 Å². The minimum Gasteiger partial charge on any atom is -0.316 e. The van der Waals surface area contributed by atoms with E-state index in [0.29, 0.717) is 0 Å². The van der Waals surface area contributed by atoms with Gasteiger partial charge in [0.05, 0.1) is 0 Å². The molecule has 1 aromatic carbocycles. The molecule has 1 nitrogen and oxygen atoms in total. The van der Waals surface area contributed by atoms with Crippen LogP contribution in [0, 0.1) is 0 Å². The van der Waals surface area contributed by atoms with Gasteiger partial charge in [0, 0.05) is 21.7 Å². The summed E-state index contributed by atoms with van der Waals surface area (Å²) in [5.41, 5.74) is 0. The van der Waals surface area contributed by atoms with Crippen molar-refractivity contribution in [1.82, 2.24) is 5.32 Å². The summed E-state index contributed by atoms with van der Waals surface area (Å²) in [6, 6.07) is 8.51. The Morgan fingerprint density at radius 3 is 2.56 bits per heavy atom. The lowest BCUT2D eigenvalue weighted by Gasteiger charge is -2.04. The van der Waals surface area contributed by atoms with Crippen molar-refractivity contribution in [2.24, 2.45) is 0 Å². The molecule has 3 heteroatoms. The van der Waals surface area contributed by atoms with E-state index in [2.05, 4.69) is 52.4 Å². The predicted molar refractivity (Wildman–Crippen MR) is 77.3 cm³/mol. The molecule has 0 fully saturated rings. The molecule has 0 aliphatic carbocycles. The topological polar surface area (TPSA) is 12.0 Å². The van der Waals surface area contributed by atoms with Crippen LogP contribution in [0.1, 0.15) is 26.2 Å². The van der Waals surface area contributed by atoms with Gasteiger partial charge in [0.25, 0.3) is 0 Å². The van der Waals surface area contributed by atoms with Crippen LogP contribution in [-0.2, 0) is 0 Å². The van der Waals surface area contributed by atoms with E-state index in [4.69, 9.17) is 0 Å². The summed E-state index contributed by atoms with van der Waals surface area (Å²) in [5, 5.41) is 3.47. The number of rotatable bonds is 8. The smallest absolute Gasteiger partial charge is 0.0176 e. The molecule has 1 N–H and O–H groups in total. The molecule has 0 saturated carbocycles. The molecule has 0 bridgehead atoms. The zero-order valence-corrected chi connectivity index (χ0v) is 12.2. The van der Waals surface area contributed by atoms with Gasteiger partial charge in [-0.25, -0.2) is 0 Å². The number of thioether (sulfide) groups is 1. The normalized spacial score (nSPS) is 10.6. The standard InChI is InChI=1S/C13H20BrNS/c1-2-3-4-9-15-10-11-16-13-7-5-12(14)6-8-13/h5-8,15H,2-4,9-11H2,1H3. The van der Waals surface area contributed by atoms with Crippen molar-refractivity contribution in [3.05, 3.63) is 28.7 Å². The lowest BCUT2D eigenvalue weighted by Crippen LogP contribution is -2.18. The van der Waals surface area contributed by atoms with Gasteiger partial charge in [-0.05, 0) is 37.2 Å². The Morgan fingerprint density at radius 1 is 1.12 bits per heavy atom. The van der Waals surface area contributed by atoms with Gasteiger partial charge in [-0.1, -0.05) is 35.7 Å². The number of benzene rings is 1. The van der Waals surface area contributed by atoms with E-state index in [9.17, 15) is 0 Å². The highest BCUT2D eigenvalue weighted by Crippen LogP contribution is 2.19. The summed E-state index contributed by atoms with van der Waals surface area (Å²) in [5.74, 6) is 1.15. The first-order chi connectivity index (χ1) is 7.83. The summed E-state index contributed by atoms with van der Waals surface area (Å²) in [7, 11) is 0. The van der Waals surface area contributed by atoms with E-state index in [-0.39, 0.29) is 0 Å². The van der Waals surface area contributed by atoms with Gasteiger partial charge in [0.1, 0.15) is 0 Å². The summed E-state index contributed by atoms with van der Waals surface area (Å²) < 4.78 is 1.15. The molecule has 1 aromatic rings. The number of nitrogens with one attached hydrogen (secondary N) is 1. The summed E-state index contributed by atoms with van der Waals surface area (Å²) in [4.78, 5) is 1.35. The molecule has 0 radical (unpaired) electrons. The fraction of sp³-hybridized carbons (Fsp3) is 0.538. The van der Waals surface area contributed by atoms with Gasteiger partial charge in [-0.15, -0.1) is 11.8 Å². The molecule has 0 unspecified atom stereocenters. The van der Waals surface area contributed by atoms with Gasteiger partial charge in [-0.3, -0.25) is 0 Å². The Labute approximate surface area is 112 Å². The molecule has 1 rings (SSSR count). The van der Waals surface area contributed by atoms with Crippen molar-refractivity contribution in [1.29, 1.82) is 0 Å². The third-order valence-electron chi connectivity index (χ3n) is 2.32. The van der Waals surface area contributed by atoms with Crippen molar-refractivity contribution in [3.8, 4) is 0 Å². The number of hydrogen-bond donors (Lipinski definition) is 1. The lowest BCUT2D eigenvalue weighted by molar-refractivity contribution is 0.636. The van der Waals surface area contributed by atoms with Gasteiger partial charge in [0.15, 0.2) is 0 Å². The van der Waals surface area contributed by atoms with Crippen molar-refractivity contribution >= 4 is 27.7 Å². The van der Waals surface area contributed by atoms with Crippen LogP contribution < -0.4 is 5.32 Å². The highest BCUT2D eigenvalue weighted by atomic mass is 79.9. The maximum atomic E-state index is 3.47. The van der Waals surface area contributed by atoms with Crippen LogP contribution in [0.25, 0.3) is 0 Å². The van der Waals surface area contributed by atoms with E-state index in [1.54, 1.807) is 0 Å². The summed E-state index contributed by atoms with van der Waals surface area (Å²) in [6.45, 7) is 4.50. The van der Waals surface area contributed by atoms with Crippen LogP contribution in [0.15, 0.2) is 33.6 Å². The van der Waals surface area contributed by atoms with Crippen LogP contribution in [0.5, 0.6) is 0 Å². The van der Waals surface area contributed by atoms with Crippen LogP contribution in [0.3, 0.4) is 0 Å². The van der Waals surface area contributed by atoms with Crippen molar-refractivity contribution in [2.45, 2.75) is 31.1 Å². The first kappa shape index (κ1) is 14.1. The Bertz CT molecular complexity index is 274. The minimum absolute atomic E-state index is 1.10. The van der Waals surface area contributed by atoms with Gasteiger partial charge in [-0.2, -0.15) is 0 Å². The van der Waals surface area contributed by atoms with E-state index in [0.717, 1.165) is 23.3 Å². The van der Waals surface area contributed by atoms with Gasteiger partial charge in [0.2, 0.25) is 0 Å². The molecule has 0 aliphatic rings. The first-order valence-corrected chi connectivity index (χ1v) is 7.70. The van der Waals surface area contributed by atoms with Gasteiger partial charge >= 0.3 is 0 Å². The molecular weight excluding hydrogens is 282 g/mol. The van der Waals surface area contributed by atoms with E-state index in [1.807, 2.05) is 11.8 Å². The zero-order valence-electron chi connectivity index (χ0n) is 9.84. The fourth-order valence-electron chi connectivity index (χ4n) is 1.40. The van der Waals surface area contributed by atoms with Crippen molar-refractivity contribution in [2.75, 3.05) is 18.8 Å². The molecule has 16 heavy (non-hydrogen) atoms. The minimum atomic E-state index is 1.10. The van der Waals surface area contributed by atoms with E-state index < -0.39 is 0 Å². The molecule has 0 amide bonds. The SMILES string of the molecule is CCCCCNCCSc1ccc(Br)cc1. The second-order valence-electron chi connectivity index (χ2n) is 3.76. The maximum Gasteiger partial charge on any atom is 0.0176 e. The average Bonchev–Trinajstić information content (AvgIpc) is 2.30. The molecule has 0 saturated heterocycles. The molecule has 0 atom stereocenters. The first-order valence-electron chi connectivity index (χ1n) is 5.92. The summed E-state index contributed by atoms with van der Waals surface area (Å²) >= 11 is 5.35. The largest absolute Gasteiger partial charge is 0.316 e. The van der Waals surface area contributed by atoms with Crippen LogP contribution in [-0.4, -0.2) is 18.8 Å². The highest BCUT2D eigenvalue weighted by Gasteiger charge is 1.94. The zero-order chi connectivity index (χ0) is 11.6. The van der Waals surface area contributed by atoms with Crippen LogP contribution in [0.2, 0.25) is 0 Å². The summed E-state index contributed by atoms with van der Waals surface area (Å²) in [6.07, 6.45) is 3.95. The quantitative estimate of drug-likeness (QED) is 0.567. The van der Waals surface area contributed by atoms with Gasteiger partial charge < -0.3 is 5.32 Å². The predicted octanol–water partition coefficient (Wildman–Crippen LogP) is 4.32. The molecule has 0 aliphatic heterocycles. The molecule has 0 spiro atoms. The van der Waals surface area contributed by atoms with Crippen molar-refractivity contribution in [3.63, 3.8) is 0 Å². The third-order valence-corrected chi connectivity index (χ3v) is 3.86. The third kappa shape index (κ3) is 6.56. The monoisotopic (exact) mass is 301 g/mol. The maximum absolute atomic E-state index is 3.47. The number of hydrogen-bond acceptors (Lipinski definition) is 2. The average molecular weight is 302 g/mol. The Balaban J connectivity index is 2.01. The van der Waals surface area contributed by atoms with E-state index in [1.165, 1.54) is 24.2 Å². The Morgan fingerprint density at radius 2 is 1.88 bits per heavy atom. The number of halogens is 1. The molecule has 90 valence electrons. The van der Waals surface area contributed by atoms with Crippen molar-refractivity contribution < 1.29 is 0 Å². The number of unbranched alkanes of at least 4 members (excludes halogenated alkanes) is 2.